The number of likely N-dealkylation sites (tertiary alicyclic amines) is 1. The van der Waals surface area contributed by atoms with Gasteiger partial charge in [-0.05, 0) is 76.7 Å². The average molecular weight is 363 g/mol. The highest BCUT2D eigenvalue weighted by molar-refractivity contribution is 5.77. The number of benzene rings is 1. The number of piperidine rings is 1. The third-order valence-electron chi connectivity index (χ3n) is 5.66. The van der Waals surface area contributed by atoms with Gasteiger partial charge >= 0.3 is 5.97 Å². The zero-order chi connectivity index (χ0) is 19.0. The average Bonchev–Trinajstić information content (AvgIpc) is 2.66. The first-order chi connectivity index (χ1) is 12.5. The van der Waals surface area contributed by atoms with Crippen molar-refractivity contribution in [1.82, 2.24) is 4.90 Å². The molecule has 1 aliphatic rings. The van der Waals surface area contributed by atoms with E-state index >= 15 is 0 Å². The third kappa shape index (κ3) is 5.45. The predicted molar refractivity (Wildman–Crippen MR) is 102 cm³/mol. The van der Waals surface area contributed by atoms with Gasteiger partial charge < -0.3 is 19.5 Å². The molecule has 5 nitrogen and oxygen atoms in total. The summed E-state index contributed by atoms with van der Waals surface area (Å²) in [5.41, 5.74) is 0.853. The zero-order valence-electron chi connectivity index (χ0n) is 16.4. The lowest BCUT2D eigenvalue weighted by Gasteiger charge is -2.42. The number of aromatic hydroxyl groups is 1. The minimum absolute atomic E-state index is 0.0616. The van der Waals surface area contributed by atoms with Crippen LogP contribution in [0.3, 0.4) is 0 Å². The number of ether oxygens (including phenoxy) is 2. The maximum atomic E-state index is 12.5. The van der Waals surface area contributed by atoms with Crippen LogP contribution in [0.15, 0.2) is 24.3 Å². The van der Waals surface area contributed by atoms with E-state index in [0.29, 0.717) is 25.0 Å². The van der Waals surface area contributed by atoms with Crippen molar-refractivity contribution in [3.05, 3.63) is 29.8 Å². The van der Waals surface area contributed by atoms with Crippen LogP contribution < -0.4 is 0 Å². The summed E-state index contributed by atoms with van der Waals surface area (Å²) < 4.78 is 10.6. The molecule has 146 valence electrons. The van der Waals surface area contributed by atoms with Gasteiger partial charge in [-0.25, -0.2) is 0 Å². The highest BCUT2D eigenvalue weighted by Crippen LogP contribution is 2.37. The van der Waals surface area contributed by atoms with Gasteiger partial charge in [0.1, 0.15) is 5.75 Å². The summed E-state index contributed by atoms with van der Waals surface area (Å²) in [6, 6.07) is 7.91. The van der Waals surface area contributed by atoms with Gasteiger partial charge in [-0.2, -0.15) is 0 Å². The molecule has 1 aliphatic heterocycles. The molecule has 0 aliphatic carbocycles. The third-order valence-corrected chi connectivity index (χ3v) is 5.66. The van der Waals surface area contributed by atoms with Crippen molar-refractivity contribution in [1.29, 1.82) is 0 Å². The minimum atomic E-state index is -0.390. The Labute approximate surface area is 157 Å². The number of phenolic OH excluding ortho intramolecular Hbond substituents is 1. The molecule has 0 radical (unpaired) electrons. The molecule has 0 bridgehead atoms. The molecule has 1 N–H and O–H groups in total. The lowest BCUT2D eigenvalue weighted by atomic mass is 9.75. The molecular formula is C21H33NO4. The van der Waals surface area contributed by atoms with Crippen LogP contribution in [-0.2, 0) is 20.7 Å². The SMILES string of the molecule is CCOC(=O)C1(CCOC)CCN(C(C)CCc2ccc(O)cc2)CC1. The van der Waals surface area contributed by atoms with Gasteiger partial charge in [-0.15, -0.1) is 0 Å². The first-order valence-corrected chi connectivity index (χ1v) is 9.69. The van der Waals surface area contributed by atoms with E-state index in [0.717, 1.165) is 45.2 Å². The van der Waals surface area contributed by atoms with E-state index in [-0.39, 0.29) is 11.4 Å². The number of esters is 1. The monoisotopic (exact) mass is 363 g/mol. The maximum Gasteiger partial charge on any atom is 0.312 e. The predicted octanol–water partition coefficient (Wildman–Crippen LogP) is 3.40. The zero-order valence-corrected chi connectivity index (χ0v) is 16.4. The Morgan fingerprint density at radius 1 is 1.27 bits per heavy atom. The van der Waals surface area contributed by atoms with Crippen molar-refractivity contribution < 1.29 is 19.4 Å². The summed E-state index contributed by atoms with van der Waals surface area (Å²) in [6.45, 7) is 6.98. The molecule has 0 amide bonds. The highest BCUT2D eigenvalue weighted by atomic mass is 16.5. The van der Waals surface area contributed by atoms with Gasteiger partial charge in [-0.1, -0.05) is 12.1 Å². The Kier molecular flexibility index (Phi) is 7.91. The molecule has 0 spiro atoms. The van der Waals surface area contributed by atoms with E-state index in [2.05, 4.69) is 11.8 Å². The number of hydrogen-bond acceptors (Lipinski definition) is 5. The lowest BCUT2D eigenvalue weighted by molar-refractivity contribution is -0.160. The highest BCUT2D eigenvalue weighted by Gasteiger charge is 2.42. The molecule has 5 heteroatoms. The molecule has 0 saturated carbocycles. The standard InChI is InChI=1S/C21H33NO4/c1-4-26-20(24)21(13-16-25-3)11-14-22(15-12-21)17(2)5-6-18-7-9-19(23)10-8-18/h7-10,17,23H,4-6,11-16H2,1-3H3. The fourth-order valence-electron chi connectivity index (χ4n) is 3.75. The number of nitrogens with zero attached hydrogens (tertiary/aromatic N) is 1. The molecule has 1 aromatic rings. The normalized spacial score (nSPS) is 18.4. The number of aryl methyl sites for hydroxylation is 1. The smallest absolute Gasteiger partial charge is 0.312 e. The van der Waals surface area contributed by atoms with Gasteiger partial charge in [0.05, 0.1) is 12.0 Å². The van der Waals surface area contributed by atoms with E-state index in [4.69, 9.17) is 9.47 Å². The number of carbonyl (C=O) groups is 1. The van der Waals surface area contributed by atoms with E-state index in [9.17, 15) is 9.90 Å². The van der Waals surface area contributed by atoms with Crippen LogP contribution in [0.1, 0.15) is 45.1 Å². The molecule has 1 unspecified atom stereocenters. The van der Waals surface area contributed by atoms with Gasteiger partial charge in [0.15, 0.2) is 0 Å². The largest absolute Gasteiger partial charge is 0.508 e. The van der Waals surface area contributed by atoms with Crippen LogP contribution >= 0.6 is 0 Å². The minimum Gasteiger partial charge on any atom is -0.508 e. The van der Waals surface area contributed by atoms with Crippen LogP contribution in [0, 0.1) is 5.41 Å². The van der Waals surface area contributed by atoms with Crippen molar-refractivity contribution in [3.8, 4) is 5.75 Å². The molecule has 0 aromatic heterocycles. The van der Waals surface area contributed by atoms with Crippen molar-refractivity contribution in [3.63, 3.8) is 0 Å². The molecule has 1 heterocycles. The molecule has 26 heavy (non-hydrogen) atoms. The van der Waals surface area contributed by atoms with Crippen molar-refractivity contribution in [2.24, 2.45) is 5.41 Å². The number of carbonyl (C=O) groups excluding carboxylic acids is 1. The Balaban J connectivity index is 1.87. The molecule has 1 atom stereocenters. The number of methoxy groups -OCH3 is 1. The second-order valence-electron chi connectivity index (χ2n) is 7.33. The Morgan fingerprint density at radius 2 is 1.92 bits per heavy atom. The van der Waals surface area contributed by atoms with Crippen LogP contribution in [0.25, 0.3) is 0 Å². The maximum absolute atomic E-state index is 12.5. The van der Waals surface area contributed by atoms with Crippen LogP contribution in [0.5, 0.6) is 5.75 Å². The van der Waals surface area contributed by atoms with Crippen LogP contribution in [0.2, 0.25) is 0 Å². The quantitative estimate of drug-likeness (QED) is 0.682. The first-order valence-electron chi connectivity index (χ1n) is 9.69. The van der Waals surface area contributed by atoms with Gasteiger partial charge in [-0.3, -0.25) is 4.79 Å². The Morgan fingerprint density at radius 3 is 2.50 bits per heavy atom. The van der Waals surface area contributed by atoms with Gasteiger partial charge in [0.2, 0.25) is 0 Å². The second-order valence-corrected chi connectivity index (χ2v) is 7.33. The first kappa shape index (κ1) is 20.7. The summed E-state index contributed by atoms with van der Waals surface area (Å²) in [6.07, 6.45) is 4.45. The van der Waals surface area contributed by atoms with E-state index in [1.54, 1.807) is 19.2 Å². The Hall–Kier alpha value is -1.59. The van der Waals surface area contributed by atoms with E-state index in [1.165, 1.54) is 5.56 Å². The number of rotatable bonds is 9. The van der Waals surface area contributed by atoms with Crippen molar-refractivity contribution in [2.75, 3.05) is 33.4 Å². The second kappa shape index (κ2) is 9.93. The summed E-state index contributed by atoms with van der Waals surface area (Å²) in [5, 5.41) is 9.38. The molecular weight excluding hydrogens is 330 g/mol. The van der Waals surface area contributed by atoms with E-state index in [1.807, 2.05) is 19.1 Å². The van der Waals surface area contributed by atoms with Crippen molar-refractivity contribution in [2.45, 2.75) is 52.0 Å². The summed E-state index contributed by atoms with van der Waals surface area (Å²) in [4.78, 5) is 15.0. The molecule has 1 aromatic carbocycles. The number of phenols is 1. The molecule has 2 rings (SSSR count). The van der Waals surface area contributed by atoms with Gasteiger partial charge in [0.25, 0.3) is 0 Å². The van der Waals surface area contributed by atoms with Crippen LogP contribution in [0.4, 0.5) is 0 Å². The summed E-state index contributed by atoms with van der Waals surface area (Å²) in [7, 11) is 1.68. The Bertz CT molecular complexity index is 550. The van der Waals surface area contributed by atoms with E-state index < -0.39 is 0 Å². The van der Waals surface area contributed by atoms with Crippen LogP contribution in [-0.4, -0.2) is 55.4 Å². The lowest BCUT2D eigenvalue weighted by Crippen LogP contribution is -2.48. The summed E-state index contributed by atoms with van der Waals surface area (Å²) >= 11 is 0. The molecule has 1 saturated heterocycles. The fraction of sp³-hybridized carbons (Fsp3) is 0.667. The summed E-state index contributed by atoms with van der Waals surface area (Å²) in [5.74, 6) is 0.248. The van der Waals surface area contributed by atoms with Gasteiger partial charge in [0, 0.05) is 19.8 Å². The molecule has 1 fully saturated rings. The fourth-order valence-corrected chi connectivity index (χ4v) is 3.75. The topological polar surface area (TPSA) is 59.0 Å². The van der Waals surface area contributed by atoms with Crippen molar-refractivity contribution >= 4 is 5.97 Å². The number of hydrogen-bond donors (Lipinski definition) is 1.